The summed E-state index contributed by atoms with van der Waals surface area (Å²) in [4.78, 5) is 33.7. The summed E-state index contributed by atoms with van der Waals surface area (Å²) in [6, 6.07) is 0. The predicted molar refractivity (Wildman–Crippen MR) is 63.3 cm³/mol. The van der Waals surface area contributed by atoms with E-state index in [9.17, 15) is 14.4 Å². The van der Waals surface area contributed by atoms with Crippen LogP contribution in [0, 0.1) is 0 Å². The zero-order valence-corrected chi connectivity index (χ0v) is 14.4. The van der Waals surface area contributed by atoms with Crippen LogP contribution < -0.4 is 0 Å². The average molecular weight is 430 g/mol. The standard InChI is InChI=1S/3C3H6O4.In/c3*4-1-2(5)3(6)7;/h3*2,4-5H,1H2,(H,6,7);/q;;;+3/p-3. The van der Waals surface area contributed by atoms with Crippen molar-refractivity contribution in [3.05, 3.63) is 0 Å². The fourth-order valence-corrected chi connectivity index (χ4v) is 4.20. The molecule has 0 radical (unpaired) electrons. The Morgan fingerprint density at radius 3 is 1.09 bits per heavy atom. The number of carbonyl (C=O) groups is 3. The molecule has 0 fully saturated rings. The van der Waals surface area contributed by atoms with Crippen molar-refractivity contribution in [1.29, 1.82) is 0 Å². The van der Waals surface area contributed by atoms with Crippen molar-refractivity contribution in [2.45, 2.75) is 18.3 Å². The number of hydrogen-bond acceptors (Lipinski definition) is 12. The molecule has 6 N–H and O–H groups in total. The van der Waals surface area contributed by atoms with Gasteiger partial charge in [0.15, 0.2) is 0 Å². The van der Waals surface area contributed by atoms with Crippen LogP contribution in [0.4, 0.5) is 0 Å². The first-order valence-corrected chi connectivity index (χ1v) is 9.78. The van der Waals surface area contributed by atoms with Crippen LogP contribution in [0.5, 0.6) is 0 Å². The Labute approximate surface area is 132 Å². The quantitative estimate of drug-likeness (QED) is 0.203. The second-order valence-corrected chi connectivity index (χ2v) is 7.36. The van der Waals surface area contributed by atoms with Crippen molar-refractivity contribution in [1.82, 2.24) is 0 Å². The van der Waals surface area contributed by atoms with Crippen LogP contribution in [-0.2, 0) is 22.9 Å². The molecule has 22 heavy (non-hydrogen) atoms. The number of carbonyl (C=O) groups excluding carboxylic acids is 3. The predicted octanol–water partition coefficient (Wildman–Crippen LogP) is -5.34. The normalized spacial score (nSPS) is 14.5. The molecule has 0 amide bonds. The summed E-state index contributed by atoms with van der Waals surface area (Å²) < 4.78 is 13.3. The molecule has 3 unspecified atom stereocenters. The molecule has 0 bridgehead atoms. The third kappa shape index (κ3) is 7.35. The van der Waals surface area contributed by atoms with Crippen LogP contribution in [-0.4, -0.2) is 109 Å². The second-order valence-electron chi connectivity index (χ2n) is 3.69. The van der Waals surface area contributed by atoms with E-state index in [1.54, 1.807) is 0 Å². The molecule has 12 nitrogen and oxygen atoms in total. The van der Waals surface area contributed by atoms with Crippen LogP contribution >= 0.6 is 0 Å². The van der Waals surface area contributed by atoms with Crippen molar-refractivity contribution in [3.63, 3.8) is 0 Å². The van der Waals surface area contributed by atoms with E-state index in [4.69, 9.17) is 30.6 Å². The number of hydrogen-bond donors (Lipinski definition) is 6. The molecule has 0 saturated heterocycles. The first kappa shape index (κ1) is 21.0. The van der Waals surface area contributed by atoms with E-state index in [1.165, 1.54) is 0 Å². The molecule has 0 aliphatic rings. The molecule has 13 heteroatoms. The number of aliphatic hydroxyl groups excluding tert-OH is 6. The Balaban J connectivity index is 4.86. The summed E-state index contributed by atoms with van der Waals surface area (Å²) in [6.45, 7) is -3.05. The fraction of sp³-hybridized carbons (Fsp3) is 0.667. The van der Waals surface area contributed by atoms with Crippen LogP contribution in [0.2, 0.25) is 0 Å². The zero-order chi connectivity index (χ0) is 17.3. The average Bonchev–Trinajstić information content (AvgIpc) is 2.51. The molecule has 0 heterocycles. The van der Waals surface area contributed by atoms with Gasteiger partial charge in [-0.3, -0.25) is 0 Å². The summed E-state index contributed by atoms with van der Waals surface area (Å²) in [7, 11) is 0. The van der Waals surface area contributed by atoms with Gasteiger partial charge in [0.05, 0.1) is 0 Å². The van der Waals surface area contributed by atoms with Crippen molar-refractivity contribution in [2.24, 2.45) is 0 Å². The Kier molecular flexibility index (Phi) is 10.2. The first-order valence-electron chi connectivity index (χ1n) is 5.75. The maximum atomic E-state index is 11.2. The summed E-state index contributed by atoms with van der Waals surface area (Å²) in [6.07, 6.45) is -5.95. The van der Waals surface area contributed by atoms with E-state index in [-0.39, 0.29) is 0 Å². The molecule has 3 atom stereocenters. The molecule has 0 aliphatic heterocycles. The molecule has 0 spiro atoms. The van der Waals surface area contributed by atoms with Crippen molar-refractivity contribution in [2.75, 3.05) is 19.8 Å². The fourth-order valence-electron chi connectivity index (χ4n) is 0.816. The Hall–Kier alpha value is -0.960. The van der Waals surface area contributed by atoms with E-state index in [2.05, 4.69) is 8.56 Å². The summed E-state index contributed by atoms with van der Waals surface area (Å²) in [5.41, 5.74) is 0. The Morgan fingerprint density at radius 2 is 0.909 bits per heavy atom. The SMILES string of the molecule is O=C([O][In]([O]C(=O)C(O)CO)[O]C(=O)C(O)CO)C(O)CO. The number of aliphatic hydroxyl groups is 6. The van der Waals surface area contributed by atoms with E-state index >= 15 is 0 Å². The van der Waals surface area contributed by atoms with Gasteiger partial charge in [-0.05, 0) is 0 Å². The monoisotopic (exact) mass is 430 g/mol. The van der Waals surface area contributed by atoms with Gasteiger partial charge in [-0.1, -0.05) is 0 Å². The van der Waals surface area contributed by atoms with Gasteiger partial charge in [-0.15, -0.1) is 0 Å². The molecule has 0 aromatic rings. The maximum absolute atomic E-state index is 11.2. The topological polar surface area (TPSA) is 200 Å². The molecular formula is C9H15InO12. The number of rotatable bonds is 9. The first-order chi connectivity index (χ1) is 10.3. The second kappa shape index (κ2) is 10.7. The van der Waals surface area contributed by atoms with Crippen LogP contribution in [0.25, 0.3) is 0 Å². The van der Waals surface area contributed by atoms with Crippen molar-refractivity contribution < 1.29 is 53.6 Å². The van der Waals surface area contributed by atoms with Gasteiger partial charge in [-0.2, -0.15) is 0 Å². The molecule has 0 rings (SSSR count). The van der Waals surface area contributed by atoms with E-state index in [0.29, 0.717) is 0 Å². The molecule has 0 aromatic carbocycles. The van der Waals surface area contributed by atoms with Gasteiger partial charge in [0.25, 0.3) is 0 Å². The molecule has 0 aliphatic carbocycles. The van der Waals surface area contributed by atoms with Gasteiger partial charge >= 0.3 is 132 Å². The molecular weight excluding hydrogens is 415 g/mol. The van der Waals surface area contributed by atoms with Gasteiger partial charge in [-0.25, -0.2) is 0 Å². The van der Waals surface area contributed by atoms with Gasteiger partial charge < -0.3 is 0 Å². The van der Waals surface area contributed by atoms with E-state index in [0.717, 1.165) is 0 Å². The van der Waals surface area contributed by atoms with Crippen molar-refractivity contribution in [3.8, 4) is 0 Å². The Bertz CT molecular complexity index is 330. The van der Waals surface area contributed by atoms with Crippen molar-refractivity contribution >= 4 is 40.7 Å². The molecule has 0 aromatic heterocycles. The minimum atomic E-state index is -4.77. The van der Waals surface area contributed by atoms with Crippen LogP contribution in [0.15, 0.2) is 0 Å². The zero-order valence-electron chi connectivity index (χ0n) is 11.1. The third-order valence-corrected chi connectivity index (χ3v) is 5.61. The summed E-state index contributed by atoms with van der Waals surface area (Å²) >= 11 is -4.77. The minimum absolute atomic E-state index is 1.02. The van der Waals surface area contributed by atoms with Gasteiger partial charge in [0.1, 0.15) is 0 Å². The van der Waals surface area contributed by atoms with Gasteiger partial charge in [0, 0.05) is 0 Å². The van der Waals surface area contributed by atoms with Crippen LogP contribution in [0.1, 0.15) is 0 Å². The molecule has 0 saturated carbocycles. The van der Waals surface area contributed by atoms with Gasteiger partial charge in [0.2, 0.25) is 0 Å². The third-order valence-electron chi connectivity index (χ3n) is 1.97. The summed E-state index contributed by atoms with van der Waals surface area (Å²) in [5, 5.41) is 52.6. The van der Waals surface area contributed by atoms with E-state index in [1.807, 2.05) is 0 Å². The molecule has 126 valence electrons. The summed E-state index contributed by atoms with van der Waals surface area (Å²) in [5.74, 6) is -4.37. The Morgan fingerprint density at radius 1 is 0.682 bits per heavy atom. The van der Waals surface area contributed by atoms with Crippen LogP contribution in [0.3, 0.4) is 0 Å². The van der Waals surface area contributed by atoms with E-state index < -0.39 is 78.8 Å².